The minimum absolute atomic E-state index is 0.0263. The minimum atomic E-state index is -0.419. The van der Waals surface area contributed by atoms with Crippen LogP contribution in [0.1, 0.15) is 84.5 Å². The van der Waals surface area contributed by atoms with E-state index in [1.54, 1.807) is 6.08 Å². The first-order chi connectivity index (χ1) is 17.6. The number of epoxide rings is 1. The molecule has 0 aromatic heterocycles. The summed E-state index contributed by atoms with van der Waals surface area (Å²) in [6.45, 7) is 10.3. The van der Waals surface area contributed by atoms with E-state index in [9.17, 15) is 14.7 Å². The maximum atomic E-state index is 11.8. The number of aliphatic hydroxyl groups is 1. The van der Waals surface area contributed by atoms with Crippen molar-refractivity contribution in [3.05, 3.63) is 47.6 Å². The molecule has 3 aliphatic carbocycles. The molecular weight excluding hydrogens is 488 g/mol. The number of esters is 1. The highest BCUT2D eigenvalue weighted by Crippen LogP contribution is 2.66. The molecule has 3 saturated carbocycles. The van der Waals surface area contributed by atoms with Crippen molar-refractivity contribution in [1.82, 2.24) is 0 Å². The quantitative estimate of drug-likeness (QED) is 0.142. The number of carbonyl (C=O) groups is 2. The van der Waals surface area contributed by atoms with Crippen molar-refractivity contribution in [1.29, 1.82) is 0 Å². The molecule has 0 radical (unpaired) electrons. The zero-order valence-corrected chi connectivity index (χ0v) is 23.3. The fourth-order valence-corrected chi connectivity index (χ4v) is 7.71. The normalized spacial score (nSPS) is 38.3. The van der Waals surface area contributed by atoms with Gasteiger partial charge in [0.2, 0.25) is 5.24 Å². The van der Waals surface area contributed by atoms with E-state index < -0.39 is 5.24 Å². The summed E-state index contributed by atoms with van der Waals surface area (Å²) >= 11 is 5.15. The van der Waals surface area contributed by atoms with Crippen LogP contribution in [-0.4, -0.2) is 41.7 Å². The topological polar surface area (TPSA) is 76.1 Å². The lowest BCUT2D eigenvalue weighted by molar-refractivity contribution is -0.135. The predicted molar refractivity (Wildman–Crippen MR) is 146 cm³/mol. The van der Waals surface area contributed by atoms with E-state index in [4.69, 9.17) is 21.1 Å². The highest BCUT2D eigenvalue weighted by molar-refractivity contribution is 6.66. The second-order valence-electron chi connectivity index (χ2n) is 12.3. The molecule has 1 N–H and O–H groups in total. The van der Waals surface area contributed by atoms with E-state index in [2.05, 4.69) is 26.5 Å². The third kappa shape index (κ3) is 6.32. The van der Waals surface area contributed by atoms with E-state index >= 15 is 0 Å². The Labute approximate surface area is 227 Å². The highest BCUT2D eigenvalue weighted by atomic mass is 35.5. The number of halogens is 1. The number of rotatable bonds is 5. The molecule has 2 aliphatic heterocycles. The highest BCUT2D eigenvalue weighted by Gasteiger charge is 2.65. The lowest BCUT2D eigenvalue weighted by Crippen LogP contribution is -2.56. The van der Waals surface area contributed by atoms with E-state index in [-0.39, 0.29) is 29.0 Å². The number of aliphatic hydroxyl groups excluding tert-OH is 1. The third-order valence-corrected chi connectivity index (χ3v) is 10.0. The summed E-state index contributed by atoms with van der Waals surface area (Å²) in [5.41, 5.74) is 3.79. The molecule has 0 aromatic carbocycles. The van der Waals surface area contributed by atoms with Crippen LogP contribution < -0.4 is 0 Å². The average Bonchev–Trinajstić information content (AvgIpc) is 3.51. The summed E-state index contributed by atoms with van der Waals surface area (Å²) in [4.78, 5) is 22.2. The lowest BCUT2D eigenvalue weighted by Gasteiger charge is -2.59. The first kappa shape index (κ1) is 28.3. The molecule has 6 heteroatoms. The maximum Gasteiger partial charge on any atom is 0.333 e. The Balaban J connectivity index is 0.000000209. The molecule has 0 bridgehead atoms. The Hall–Kier alpha value is -1.69. The molecule has 5 fully saturated rings. The van der Waals surface area contributed by atoms with Crippen molar-refractivity contribution in [2.24, 2.45) is 22.7 Å². The molecule has 5 aliphatic rings. The minimum Gasteiger partial charge on any atom is -0.462 e. The van der Waals surface area contributed by atoms with Crippen LogP contribution in [0.2, 0.25) is 0 Å². The molecule has 0 aromatic rings. The Morgan fingerprint density at radius 1 is 1.16 bits per heavy atom. The molecule has 204 valence electrons. The monoisotopic (exact) mass is 530 g/mol. The number of hydrogen-bond donors (Lipinski definition) is 1. The molecule has 2 heterocycles. The van der Waals surface area contributed by atoms with Gasteiger partial charge in [0.15, 0.2) is 0 Å². The second kappa shape index (κ2) is 11.6. The average molecular weight is 531 g/mol. The molecule has 37 heavy (non-hydrogen) atoms. The second-order valence-corrected chi connectivity index (χ2v) is 12.6. The van der Waals surface area contributed by atoms with Gasteiger partial charge in [-0.3, -0.25) is 4.79 Å². The first-order valence-corrected chi connectivity index (χ1v) is 14.3. The van der Waals surface area contributed by atoms with Crippen LogP contribution in [0.3, 0.4) is 0 Å². The summed E-state index contributed by atoms with van der Waals surface area (Å²) in [5, 5.41) is 9.65. The van der Waals surface area contributed by atoms with Gasteiger partial charge in [-0.1, -0.05) is 56.2 Å². The Kier molecular flexibility index (Phi) is 8.87. The van der Waals surface area contributed by atoms with E-state index in [0.29, 0.717) is 18.4 Å². The van der Waals surface area contributed by atoms with Gasteiger partial charge in [0.05, 0.1) is 18.8 Å². The first-order valence-electron chi connectivity index (χ1n) is 14.0. The van der Waals surface area contributed by atoms with Gasteiger partial charge >= 0.3 is 5.97 Å². The van der Waals surface area contributed by atoms with Crippen LogP contribution in [0.5, 0.6) is 0 Å². The van der Waals surface area contributed by atoms with Crippen molar-refractivity contribution in [2.75, 3.05) is 19.8 Å². The molecule has 5 atom stereocenters. The van der Waals surface area contributed by atoms with Gasteiger partial charge in [-0.25, -0.2) is 4.79 Å². The third-order valence-electron chi connectivity index (χ3n) is 9.89. The standard InChI is InChI=1S/C20H30O4.C11H13ClO/c1-18(12-21)8-3-9-19(2)15(18)6-10-20(13-24-20)16(19)5-4-14-7-11-23-17(14)22;1-9-5-7-10(8-6-9)3-2-4-11(12)13/h4,15-16,21H,3,5-13H2,1-2H3;2-4H,1,5-8H2/b14-4+;4-2+/t15?,16?,18-,19?,20?;/m0./s1. The molecule has 4 unspecified atom stereocenters. The smallest absolute Gasteiger partial charge is 0.333 e. The Bertz CT molecular complexity index is 978. The Morgan fingerprint density at radius 3 is 2.49 bits per heavy atom. The zero-order chi connectivity index (χ0) is 26.7. The van der Waals surface area contributed by atoms with Gasteiger partial charge in [-0.2, -0.15) is 0 Å². The van der Waals surface area contributed by atoms with Crippen LogP contribution in [0.25, 0.3) is 0 Å². The van der Waals surface area contributed by atoms with Crippen molar-refractivity contribution in [3.63, 3.8) is 0 Å². The Morgan fingerprint density at radius 2 is 1.89 bits per heavy atom. The largest absolute Gasteiger partial charge is 0.462 e. The van der Waals surface area contributed by atoms with Crippen molar-refractivity contribution in [3.8, 4) is 0 Å². The zero-order valence-electron chi connectivity index (χ0n) is 22.5. The summed E-state index contributed by atoms with van der Waals surface area (Å²) in [7, 11) is 0. The number of fused-ring (bicyclic) bond motifs is 1. The van der Waals surface area contributed by atoms with Crippen LogP contribution >= 0.6 is 11.6 Å². The molecule has 5 nitrogen and oxygen atoms in total. The fourth-order valence-electron chi connectivity index (χ4n) is 7.63. The van der Waals surface area contributed by atoms with Crippen molar-refractivity contribution in [2.45, 2.75) is 90.1 Å². The van der Waals surface area contributed by atoms with Crippen LogP contribution in [0.4, 0.5) is 0 Å². The van der Waals surface area contributed by atoms with Gasteiger partial charge in [-0.05, 0) is 98.1 Å². The molecule has 1 spiro atoms. The molecular formula is C31H43ClO5. The van der Waals surface area contributed by atoms with E-state index in [1.165, 1.54) is 30.1 Å². The number of hydrogen-bond acceptors (Lipinski definition) is 5. The number of ether oxygens (including phenoxy) is 2. The van der Waals surface area contributed by atoms with Gasteiger partial charge in [0.1, 0.15) is 0 Å². The van der Waals surface area contributed by atoms with Gasteiger partial charge in [0.25, 0.3) is 0 Å². The molecule has 5 rings (SSSR count). The summed E-state index contributed by atoms with van der Waals surface area (Å²) in [6.07, 6.45) is 18.9. The van der Waals surface area contributed by atoms with Crippen LogP contribution in [0.15, 0.2) is 47.6 Å². The van der Waals surface area contributed by atoms with E-state index in [0.717, 1.165) is 70.0 Å². The van der Waals surface area contributed by atoms with Crippen molar-refractivity contribution < 1.29 is 24.2 Å². The number of cyclic esters (lactones) is 1. The summed E-state index contributed by atoms with van der Waals surface area (Å²) in [6, 6.07) is 0. The van der Waals surface area contributed by atoms with Crippen molar-refractivity contribution >= 4 is 22.8 Å². The van der Waals surface area contributed by atoms with Crippen LogP contribution in [-0.2, 0) is 19.1 Å². The van der Waals surface area contributed by atoms with Gasteiger partial charge in [-0.15, -0.1) is 0 Å². The van der Waals surface area contributed by atoms with Gasteiger partial charge in [0, 0.05) is 18.6 Å². The van der Waals surface area contributed by atoms with Crippen LogP contribution in [0, 0.1) is 22.7 Å². The number of allylic oxidation sites excluding steroid dienone is 6. The lowest BCUT2D eigenvalue weighted by atomic mass is 9.45. The number of carbonyl (C=O) groups excluding carboxylic acids is 2. The van der Waals surface area contributed by atoms with E-state index in [1.807, 2.05) is 6.08 Å². The fraction of sp³-hybridized carbons (Fsp3) is 0.677. The molecule has 2 saturated heterocycles. The summed E-state index contributed by atoms with van der Waals surface area (Å²) in [5.74, 6) is 0.843. The molecule has 0 amide bonds. The SMILES string of the molecule is C=C1CCC(=C/C=C/C(=O)Cl)CC1.CC12CCC[C@@](C)(CO)C1CCC1(CO1)C2C/C=C1\CCOC1=O. The predicted octanol–water partition coefficient (Wildman–Crippen LogP) is 6.60. The maximum absolute atomic E-state index is 11.8. The van der Waals surface area contributed by atoms with Gasteiger partial charge < -0.3 is 14.6 Å². The summed E-state index contributed by atoms with van der Waals surface area (Å²) < 4.78 is 11.1.